The number of ether oxygens (including phenoxy) is 1. The third-order valence-corrected chi connectivity index (χ3v) is 6.00. The second kappa shape index (κ2) is 6.08. The first-order valence-electron chi connectivity index (χ1n) is 8.12. The Morgan fingerprint density at radius 3 is 2.69 bits per heavy atom. The van der Waals surface area contributed by atoms with Crippen molar-refractivity contribution in [2.24, 2.45) is 11.1 Å². The molecule has 0 unspecified atom stereocenters. The predicted octanol–water partition coefficient (Wildman–Crippen LogP) is 2.00. The summed E-state index contributed by atoms with van der Waals surface area (Å²) < 4.78 is 45.7. The van der Waals surface area contributed by atoms with Gasteiger partial charge in [0.15, 0.2) is 9.84 Å². The van der Waals surface area contributed by atoms with Crippen molar-refractivity contribution in [3.05, 3.63) is 29.6 Å². The first-order valence-corrected chi connectivity index (χ1v) is 9.77. The van der Waals surface area contributed by atoms with Gasteiger partial charge in [-0.25, -0.2) is 17.5 Å². The number of amides is 1. The van der Waals surface area contributed by atoms with E-state index in [1.54, 1.807) is 0 Å². The zero-order valence-electron chi connectivity index (χ0n) is 14.7. The highest BCUT2D eigenvalue weighted by molar-refractivity contribution is 7.91. The highest BCUT2D eigenvalue weighted by Crippen LogP contribution is 2.37. The summed E-state index contributed by atoms with van der Waals surface area (Å²) in [4.78, 5) is 11.8. The van der Waals surface area contributed by atoms with Crippen LogP contribution < -0.4 is 10.5 Å². The third-order valence-electron chi connectivity index (χ3n) is 4.26. The number of hydrogen-bond donors (Lipinski definition) is 1. The zero-order valence-corrected chi connectivity index (χ0v) is 15.6. The molecule has 2 N–H and O–H groups in total. The van der Waals surface area contributed by atoms with Crippen LogP contribution in [0.15, 0.2) is 23.1 Å². The number of aromatic nitrogens is 2. The molecule has 1 aliphatic rings. The number of rotatable bonds is 4. The molecule has 0 radical (unpaired) electrons. The Hall–Kier alpha value is -2.42. The van der Waals surface area contributed by atoms with Gasteiger partial charge in [0, 0.05) is 11.0 Å². The molecule has 2 aromatic rings. The molecule has 0 saturated heterocycles. The van der Waals surface area contributed by atoms with Crippen molar-refractivity contribution in [1.29, 1.82) is 0 Å². The van der Waals surface area contributed by atoms with Crippen LogP contribution in [-0.2, 0) is 16.4 Å². The number of nitrogens with two attached hydrogens (primary N) is 1. The fourth-order valence-electron chi connectivity index (χ4n) is 2.87. The van der Waals surface area contributed by atoms with Gasteiger partial charge in [0.2, 0.25) is 5.88 Å². The standard InChI is InChI=1S/C17H20FN3O4S/c1-4-26(23,24)10-5-6-11(12(18)7-10)14-13(15(19)22)16-21(20-14)8-17(2,3)9-25-16/h5-7H,4,8-9H2,1-3H3,(H2,19,22). The summed E-state index contributed by atoms with van der Waals surface area (Å²) in [5.74, 6) is -1.51. The molecule has 3 rings (SSSR count). The molecule has 9 heteroatoms. The van der Waals surface area contributed by atoms with Crippen LogP contribution in [0.3, 0.4) is 0 Å². The van der Waals surface area contributed by atoms with E-state index >= 15 is 0 Å². The lowest BCUT2D eigenvalue weighted by molar-refractivity contribution is 0.0919. The predicted molar refractivity (Wildman–Crippen MR) is 93.1 cm³/mol. The van der Waals surface area contributed by atoms with Crippen molar-refractivity contribution in [2.45, 2.75) is 32.2 Å². The van der Waals surface area contributed by atoms with Gasteiger partial charge in [-0.1, -0.05) is 20.8 Å². The Morgan fingerprint density at radius 2 is 2.12 bits per heavy atom. The largest absolute Gasteiger partial charge is 0.477 e. The number of halogens is 1. The minimum absolute atomic E-state index is 0.00263. The number of sulfone groups is 1. The van der Waals surface area contributed by atoms with E-state index in [9.17, 15) is 17.6 Å². The van der Waals surface area contributed by atoms with Crippen LogP contribution in [0.2, 0.25) is 0 Å². The molecule has 0 bridgehead atoms. The van der Waals surface area contributed by atoms with Gasteiger partial charge in [-0.3, -0.25) is 4.79 Å². The van der Waals surface area contributed by atoms with Crippen molar-refractivity contribution < 1.29 is 22.3 Å². The van der Waals surface area contributed by atoms with Gasteiger partial charge >= 0.3 is 0 Å². The number of primary amides is 1. The highest BCUT2D eigenvalue weighted by atomic mass is 32.2. The second-order valence-electron chi connectivity index (χ2n) is 7.05. The van der Waals surface area contributed by atoms with E-state index in [1.807, 2.05) is 13.8 Å². The average molecular weight is 381 g/mol. The Labute approximate surface area is 150 Å². The number of carbonyl (C=O) groups excluding carboxylic acids is 1. The lowest BCUT2D eigenvalue weighted by Crippen LogP contribution is -2.33. The SMILES string of the molecule is CCS(=O)(=O)c1ccc(-c2nn3c(c2C(N)=O)OCC(C)(C)C3)c(F)c1. The van der Waals surface area contributed by atoms with Crippen LogP contribution in [0.1, 0.15) is 31.1 Å². The molecule has 140 valence electrons. The number of hydrogen-bond acceptors (Lipinski definition) is 5. The van der Waals surface area contributed by atoms with Crippen molar-refractivity contribution in [3.63, 3.8) is 0 Å². The average Bonchev–Trinajstić information content (AvgIpc) is 2.91. The van der Waals surface area contributed by atoms with Crippen molar-refractivity contribution in [3.8, 4) is 17.1 Å². The minimum atomic E-state index is -3.55. The molecule has 0 saturated carbocycles. The molecule has 1 aliphatic heterocycles. The van der Waals surface area contributed by atoms with Gasteiger partial charge < -0.3 is 10.5 Å². The second-order valence-corrected chi connectivity index (χ2v) is 9.33. The molecule has 2 heterocycles. The van der Waals surface area contributed by atoms with Crippen molar-refractivity contribution in [1.82, 2.24) is 9.78 Å². The molecule has 0 spiro atoms. The maximum Gasteiger partial charge on any atom is 0.256 e. The Balaban J connectivity index is 2.16. The van der Waals surface area contributed by atoms with Crippen LogP contribution in [-0.4, -0.2) is 36.5 Å². The molecule has 1 aromatic carbocycles. The number of nitrogens with zero attached hydrogens (tertiary/aromatic N) is 2. The van der Waals surface area contributed by atoms with Crippen LogP contribution >= 0.6 is 0 Å². The normalized spacial score (nSPS) is 16.0. The molecular weight excluding hydrogens is 361 g/mol. The zero-order chi connectivity index (χ0) is 19.3. The van der Waals surface area contributed by atoms with E-state index in [2.05, 4.69) is 5.10 Å². The van der Waals surface area contributed by atoms with Gasteiger partial charge in [-0.05, 0) is 18.2 Å². The van der Waals surface area contributed by atoms with Gasteiger partial charge in [0.1, 0.15) is 17.1 Å². The quantitative estimate of drug-likeness (QED) is 0.872. The first kappa shape index (κ1) is 18.4. The lowest BCUT2D eigenvalue weighted by Gasteiger charge is -2.30. The van der Waals surface area contributed by atoms with Crippen molar-refractivity contribution >= 4 is 15.7 Å². The lowest BCUT2D eigenvalue weighted by atomic mass is 9.94. The topological polar surface area (TPSA) is 104 Å². The summed E-state index contributed by atoms with van der Waals surface area (Å²) in [6.45, 7) is 6.29. The summed E-state index contributed by atoms with van der Waals surface area (Å²) in [5.41, 5.74) is 5.30. The van der Waals surface area contributed by atoms with Crippen LogP contribution in [0.5, 0.6) is 5.88 Å². The number of benzene rings is 1. The molecule has 7 nitrogen and oxygen atoms in total. The van der Waals surface area contributed by atoms with E-state index in [4.69, 9.17) is 10.5 Å². The van der Waals surface area contributed by atoms with Gasteiger partial charge in [0.05, 0.1) is 23.8 Å². The molecule has 0 atom stereocenters. The van der Waals surface area contributed by atoms with Gasteiger partial charge in [-0.2, -0.15) is 5.10 Å². The maximum atomic E-state index is 14.7. The van der Waals surface area contributed by atoms with E-state index in [1.165, 1.54) is 23.7 Å². The number of carbonyl (C=O) groups is 1. The summed E-state index contributed by atoms with van der Waals surface area (Å²) in [5, 5.41) is 4.31. The molecule has 0 aliphatic carbocycles. The van der Waals surface area contributed by atoms with Crippen molar-refractivity contribution in [2.75, 3.05) is 12.4 Å². The molecule has 1 aromatic heterocycles. The fraction of sp³-hybridized carbons (Fsp3) is 0.412. The summed E-state index contributed by atoms with van der Waals surface area (Å²) >= 11 is 0. The first-order chi connectivity index (χ1) is 12.1. The van der Waals surface area contributed by atoms with Crippen LogP contribution in [0.25, 0.3) is 11.3 Å². The summed E-state index contributed by atoms with van der Waals surface area (Å²) in [6, 6.07) is 3.52. The Kier molecular flexibility index (Phi) is 4.30. The van der Waals surface area contributed by atoms with Gasteiger partial charge in [-0.15, -0.1) is 0 Å². The van der Waals surface area contributed by atoms with E-state index < -0.39 is 21.6 Å². The van der Waals surface area contributed by atoms with E-state index in [0.29, 0.717) is 13.2 Å². The molecule has 1 amide bonds. The van der Waals surface area contributed by atoms with E-state index in [-0.39, 0.29) is 38.8 Å². The number of fused-ring (bicyclic) bond motifs is 1. The minimum Gasteiger partial charge on any atom is -0.477 e. The summed E-state index contributed by atoms with van der Waals surface area (Å²) in [7, 11) is -3.55. The van der Waals surface area contributed by atoms with E-state index in [0.717, 1.165) is 6.07 Å². The fourth-order valence-corrected chi connectivity index (χ4v) is 3.77. The highest BCUT2D eigenvalue weighted by Gasteiger charge is 2.34. The molecule has 26 heavy (non-hydrogen) atoms. The van der Waals surface area contributed by atoms with Crippen LogP contribution in [0.4, 0.5) is 4.39 Å². The van der Waals surface area contributed by atoms with Crippen LogP contribution in [0, 0.1) is 11.2 Å². The third kappa shape index (κ3) is 3.07. The van der Waals surface area contributed by atoms with Gasteiger partial charge in [0.25, 0.3) is 5.91 Å². The molecule has 0 fully saturated rings. The molecular formula is C17H20FN3O4S. The maximum absolute atomic E-state index is 14.7. The Morgan fingerprint density at radius 1 is 1.42 bits per heavy atom. The Bertz CT molecular complexity index is 996. The smallest absolute Gasteiger partial charge is 0.256 e. The summed E-state index contributed by atoms with van der Waals surface area (Å²) in [6.07, 6.45) is 0. The monoisotopic (exact) mass is 381 g/mol.